The Morgan fingerprint density at radius 3 is 2.35 bits per heavy atom. The van der Waals surface area contributed by atoms with Crippen molar-refractivity contribution in [2.75, 3.05) is 19.4 Å². The summed E-state index contributed by atoms with van der Waals surface area (Å²) < 4.78 is 26.1. The van der Waals surface area contributed by atoms with Gasteiger partial charge in [0, 0.05) is 24.2 Å². The smallest absolute Gasteiger partial charge is 0.269 e. The first-order valence-corrected chi connectivity index (χ1v) is 8.98. The first-order valence-electron chi connectivity index (χ1n) is 7.16. The quantitative estimate of drug-likeness (QED) is 0.300. The van der Waals surface area contributed by atoms with Crippen LogP contribution in [0, 0.1) is 10.1 Å². The van der Waals surface area contributed by atoms with Gasteiger partial charge in [-0.1, -0.05) is 12.8 Å². The van der Waals surface area contributed by atoms with Crippen LogP contribution in [0.4, 0.5) is 5.69 Å². The van der Waals surface area contributed by atoms with Crippen molar-refractivity contribution in [2.24, 2.45) is 0 Å². The van der Waals surface area contributed by atoms with E-state index in [4.69, 9.17) is 0 Å². The maximum atomic E-state index is 11.8. The Kier molecular flexibility index (Phi) is 7.63. The van der Waals surface area contributed by atoms with E-state index in [1.165, 1.54) is 24.3 Å². The van der Waals surface area contributed by atoms with E-state index >= 15 is 0 Å². The highest BCUT2D eigenvalue weighted by molar-refractivity contribution is 7.85. The molecule has 8 nitrogen and oxygen atoms in total. The van der Waals surface area contributed by atoms with Gasteiger partial charge in [-0.2, -0.15) is 8.42 Å². The van der Waals surface area contributed by atoms with Gasteiger partial charge >= 0.3 is 0 Å². The number of hydrogen-bond donors (Lipinski definition) is 1. The van der Waals surface area contributed by atoms with Gasteiger partial charge in [-0.3, -0.25) is 19.1 Å². The fraction of sp³-hybridized carbons (Fsp3) is 0.500. The number of benzene rings is 1. The number of carbonyl (C=O) groups is 1. The van der Waals surface area contributed by atoms with Gasteiger partial charge in [0.1, 0.15) is 0 Å². The Morgan fingerprint density at radius 1 is 1.17 bits per heavy atom. The molecule has 0 bridgehead atoms. The van der Waals surface area contributed by atoms with Gasteiger partial charge in [-0.25, -0.2) is 0 Å². The van der Waals surface area contributed by atoms with E-state index < -0.39 is 15.0 Å². The molecular weight excluding hydrogens is 324 g/mol. The second kappa shape index (κ2) is 9.21. The monoisotopic (exact) mass is 344 g/mol. The minimum absolute atomic E-state index is 0.0575. The number of nitrogens with zero attached hydrogens (tertiary/aromatic N) is 1. The van der Waals surface area contributed by atoms with Crippen LogP contribution in [0.25, 0.3) is 0 Å². The average Bonchev–Trinajstić information content (AvgIpc) is 2.48. The highest BCUT2D eigenvalue weighted by Crippen LogP contribution is 2.11. The van der Waals surface area contributed by atoms with Crippen LogP contribution < -0.4 is 5.32 Å². The molecule has 0 fully saturated rings. The lowest BCUT2D eigenvalue weighted by Gasteiger charge is -2.05. The summed E-state index contributed by atoms with van der Waals surface area (Å²) in [5.41, 5.74) is 0.315. The molecule has 23 heavy (non-hydrogen) atoms. The van der Waals surface area contributed by atoms with Crippen molar-refractivity contribution in [3.05, 3.63) is 39.9 Å². The van der Waals surface area contributed by atoms with Crippen LogP contribution in [0.3, 0.4) is 0 Å². The molecule has 9 heteroatoms. The number of amides is 1. The standard InChI is InChI=1S/C14H20N2O6S/c1-23(20,21)22-11-5-3-2-4-10-15-14(17)12-6-8-13(9-7-12)16(18)19/h6-9H,2-5,10-11H2,1H3,(H,15,17). The molecule has 1 N–H and O–H groups in total. The molecule has 0 radical (unpaired) electrons. The van der Waals surface area contributed by atoms with Crippen LogP contribution in [-0.4, -0.2) is 38.7 Å². The van der Waals surface area contributed by atoms with Crippen molar-refractivity contribution < 1.29 is 22.3 Å². The largest absolute Gasteiger partial charge is 0.352 e. The fourth-order valence-electron chi connectivity index (χ4n) is 1.83. The van der Waals surface area contributed by atoms with Crippen molar-refractivity contribution in [1.29, 1.82) is 0 Å². The van der Waals surface area contributed by atoms with Crippen LogP contribution in [0.5, 0.6) is 0 Å². The number of unbranched alkanes of at least 4 members (excludes halogenated alkanes) is 3. The lowest BCUT2D eigenvalue weighted by atomic mass is 10.1. The van der Waals surface area contributed by atoms with Crippen molar-refractivity contribution in [3.8, 4) is 0 Å². The lowest BCUT2D eigenvalue weighted by Crippen LogP contribution is -2.24. The van der Waals surface area contributed by atoms with Gasteiger partial charge in [0.2, 0.25) is 0 Å². The first kappa shape index (κ1) is 19.0. The Bertz CT molecular complexity index is 627. The number of rotatable bonds is 10. The van der Waals surface area contributed by atoms with Gasteiger partial charge in [0.05, 0.1) is 17.8 Å². The zero-order chi connectivity index (χ0) is 17.3. The zero-order valence-corrected chi connectivity index (χ0v) is 13.7. The van der Waals surface area contributed by atoms with Gasteiger partial charge < -0.3 is 5.32 Å². The Labute approximate surface area is 135 Å². The van der Waals surface area contributed by atoms with E-state index in [9.17, 15) is 23.3 Å². The molecular formula is C14H20N2O6S. The Hall–Kier alpha value is -2.00. The van der Waals surface area contributed by atoms with Crippen LogP contribution in [0.2, 0.25) is 0 Å². The summed E-state index contributed by atoms with van der Waals surface area (Å²) in [4.78, 5) is 21.8. The highest BCUT2D eigenvalue weighted by atomic mass is 32.2. The minimum atomic E-state index is -3.37. The molecule has 0 aliphatic heterocycles. The number of carbonyl (C=O) groups excluding carboxylic acids is 1. The molecule has 0 aliphatic carbocycles. The second-order valence-electron chi connectivity index (χ2n) is 5.00. The third-order valence-corrected chi connectivity index (χ3v) is 3.59. The summed E-state index contributed by atoms with van der Waals surface area (Å²) in [6.07, 6.45) is 4.07. The second-order valence-corrected chi connectivity index (χ2v) is 6.64. The van der Waals surface area contributed by atoms with Crippen molar-refractivity contribution in [2.45, 2.75) is 25.7 Å². The molecule has 0 spiro atoms. The molecule has 0 saturated carbocycles. The van der Waals surface area contributed by atoms with Crippen molar-refractivity contribution >= 4 is 21.7 Å². The van der Waals surface area contributed by atoms with E-state index in [1.54, 1.807) is 0 Å². The maximum Gasteiger partial charge on any atom is 0.269 e. The molecule has 0 saturated heterocycles. The molecule has 0 heterocycles. The summed E-state index contributed by atoms with van der Waals surface area (Å²) in [6.45, 7) is 0.663. The van der Waals surface area contributed by atoms with Crippen molar-refractivity contribution in [3.63, 3.8) is 0 Å². The number of nitro benzene ring substituents is 1. The molecule has 1 aromatic rings. The highest BCUT2D eigenvalue weighted by Gasteiger charge is 2.08. The van der Waals surface area contributed by atoms with E-state index in [1.807, 2.05) is 0 Å². The molecule has 1 amide bonds. The Balaban J connectivity index is 2.16. The van der Waals surface area contributed by atoms with E-state index in [2.05, 4.69) is 9.50 Å². The molecule has 0 aromatic heterocycles. The lowest BCUT2D eigenvalue weighted by molar-refractivity contribution is -0.384. The zero-order valence-electron chi connectivity index (χ0n) is 12.9. The van der Waals surface area contributed by atoms with Gasteiger partial charge in [-0.15, -0.1) is 0 Å². The van der Waals surface area contributed by atoms with Crippen LogP contribution in [0.1, 0.15) is 36.0 Å². The SMILES string of the molecule is CS(=O)(=O)OCCCCCCNC(=O)c1ccc([N+](=O)[O-])cc1. The first-order chi connectivity index (χ1) is 10.8. The van der Waals surface area contributed by atoms with Gasteiger partial charge in [0.15, 0.2) is 0 Å². The van der Waals surface area contributed by atoms with Crippen molar-refractivity contribution in [1.82, 2.24) is 5.32 Å². The average molecular weight is 344 g/mol. The van der Waals surface area contributed by atoms with Gasteiger partial charge in [0.25, 0.3) is 21.7 Å². The number of hydrogen-bond acceptors (Lipinski definition) is 6. The predicted octanol–water partition coefficient (Wildman–Crippen LogP) is 1.86. The molecule has 0 unspecified atom stereocenters. The molecule has 0 atom stereocenters. The topological polar surface area (TPSA) is 116 Å². The van der Waals surface area contributed by atoms with E-state index in [0.717, 1.165) is 25.5 Å². The summed E-state index contributed by atoms with van der Waals surface area (Å²) in [5.74, 6) is -0.277. The fourth-order valence-corrected chi connectivity index (χ4v) is 2.25. The third kappa shape index (κ3) is 8.27. The third-order valence-electron chi connectivity index (χ3n) is 2.99. The number of nitro groups is 1. The molecule has 0 aliphatic rings. The van der Waals surface area contributed by atoms with E-state index in [-0.39, 0.29) is 18.2 Å². The summed E-state index contributed by atoms with van der Waals surface area (Å²) in [5, 5.41) is 13.2. The van der Waals surface area contributed by atoms with E-state index in [0.29, 0.717) is 18.5 Å². The maximum absolute atomic E-state index is 11.8. The predicted molar refractivity (Wildman–Crippen MR) is 84.7 cm³/mol. The number of non-ortho nitro benzene ring substituents is 1. The molecule has 1 aromatic carbocycles. The van der Waals surface area contributed by atoms with Crippen LogP contribution in [-0.2, 0) is 14.3 Å². The van der Waals surface area contributed by atoms with Crippen LogP contribution >= 0.6 is 0 Å². The molecule has 128 valence electrons. The van der Waals surface area contributed by atoms with Crippen LogP contribution in [0.15, 0.2) is 24.3 Å². The van der Waals surface area contributed by atoms with Gasteiger partial charge in [-0.05, 0) is 25.0 Å². The summed E-state index contributed by atoms with van der Waals surface area (Å²) >= 11 is 0. The normalized spacial score (nSPS) is 11.2. The summed E-state index contributed by atoms with van der Waals surface area (Å²) in [7, 11) is -3.37. The summed E-state index contributed by atoms with van der Waals surface area (Å²) in [6, 6.07) is 5.40. The number of nitrogens with one attached hydrogen (secondary N) is 1. The minimum Gasteiger partial charge on any atom is -0.352 e. The molecule has 1 rings (SSSR count). The Morgan fingerprint density at radius 2 is 1.78 bits per heavy atom.